The molecule has 2 amide bonds. The van der Waals surface area contributed by atoms with Gasteiger partial charge in [-0.2, -0.15) is 10.4 Å². The van der Waals surface area contributed by atoms with Crippen LogP contribution in [0.2, 0.25) is 0 Å². The summed E-state index contributed by atoms with van der Waals surface area (Å²) < 4.78 is 7.02. The Kier molecular flexibility index (Phi) is 7.70. The SMILES string of the molecule is CC(=O)NC1[C@@H]2CC[C@H]1CN(c1nnc(-c3cnc(-c4ccc5cc(C#N)cnn45)cc3NC3CCC(OC(N)=O)CC3)s1)C2. The zero-order valence-corrected chi connectivity index (χ0v) is 25.7. The largest absolute Gasteiger partial charge is 0.446 e. The van der Waals surface area contributed by atoms with Crippen LogP contribution >= 0.6 is 11.3 Å². The number of rotatable bonds is 7. The highest BCUT2D eigenvalue weighted by atomic mass is 32.1. The van der Waals surface area contributed by atoms with Crippen molar-refractivity contribution in [1.29, 1.82) is 5.26 Å². The predicted octanol–water partition coefficient (Wildman–Crippen LogP) is 3.96. The number of piperidine rings is 1. The first-order valence-corrected chi connectivity index (χ1v) is 16.1. The second kappa shape index (κ2) is 12.0. The molecule has 2 saturated carbocycles. The summed E-state index contributed by atoms with van der Waals surface area (Å²) in [7, 11) is 0. The minimum atomic E-state index is -0.734. The highest BCUT2D eigenvalue weighted by Crippen LogP contribution is 2.42. The Labute approximate surface area is 263 Å². The van der Waals surface area contributed by atoms with E-state index >= 15 is 0 Å². The van der Waals surface area contributed by atoms with Crippen molar-refractivity contribution in [3.8, 4) is 28.0 Å². The molecule has 5 heterocycles. The molecule has 0 spiro atoms. The van der Waals surface area contributed by atoms with E-state index in [1.54, 1.807) is 35.0 Å². The number of nitrogens with zero attached hydrogens (tertiary/aromatic N) is 7. The van der Waals surface area contributed by atoms with E-state index in [-0.39, 0.29) is 24.1 Å². The molecule has 13 nitrogen and oxygen atoms in total. The fourth-order valence-corrected chi connectivity index (χ4v) is 8.04. The summed E-state index contributed by atoms with van der Waals surface area (Å²) in [5, 5.41) is 31.5. The molecule has 1 saturated heterocycles. The lowest BCUT2D eigenvalue weighted by Gasteiger charge is -2.37. The van der Waals surface area contributed by atoms with Crippen LogP contribution in [0.3, 0.4) is 0 Å². The minimum absolute atomic E-state index is 0.0317. The molecule has 4 aromatic rings. The number of pyridine rings is 1. The molecule has 2 bridgehead atoms. The first-order chi connectivity index (χ1) is 21.8. The Bertz CT molecular complexity index is 1780. The molecule has 7 rings (SSSR count). The van der Waals surface area contributed by atoms with Crippen LogP contribution in [0.1, 0.15) is 51.0 Å². The molecule has 3 atom stereocenters. The number of nitriles is 1. The average molecular weight is 627 g/mol. The van der Waals surface area contributed by atoms with E-state index in [2.05, 4.69) is 36.9 Å². The molecular weight excluding hydrogens is 592 g/mol. The maximum absolute atomic E-state index is 11.8. The molecule has 1 unspecified atom stereocenters. The molecule has 0 aromatic carbocycles. The number of amides is 2. The summed E-state index contributed by atoms with van der Waals surface area (Å²) in [6.07, 6.45) is 7.76. The molecule has 4 N–H and O–H groups in total. The smallest absolute Gasteiger partial charge is 0.404 e. The number of nitrogens with one attached hydrogen (secondary N) is 2. The summed E-state index contributed by atoms with van der Waals surface area (Å²) in [5.74, 6) is 0.840. The highest BCUT2D eigenvalue weighted by molar-refractivity contribution is 7.18. The second-order valence-corrected chi connectivity index (χ2v) is 13.2. The number of nitrogens with two attached hydrogens (primary N) is 1. The zero-order valence-electron chi connectivity index (χ0n) is 24.8. The number of hydrogen-bond acceptors (Lipinski definition) is 11. The van der Waals surface area contributed by atoms with Gasteiger partial charge >= 0.3 is 6.09 Å². The third-order valence-corrected chi connectivity index (χ3v) is 10.2. The first-order valence-electron chi connectivity index (χ1n) is 15.3. The molecule has 2 aliphatic carbocycles. The van der Waals surface area contributed by atoms with Crippen LogP contribution in [0.4, 0.5) is 15.6 Å². The van der Waals surface area contributed by atoms with E-state index in [0.29, 0.717) is 17.4 Å². The van der Waals surface area contributed by atoms with Crippen molar-refractivity contribution >= 4 is 39.7 Å². The Morgan fingerprint density at radius 3 is 2.56 bits per heavy atom. The topological polar surface area (TPSA) is 176 Å². The van der Waals surface area contributed by atoms with Crippen molar-refractivity contribution in [2.75, 3.05) is 23.3 Å². The van der Waals surface area contributed by atoms with Crippen LogP contribution in [0.5, 0.6) is 0 Å². The standard InChI is InChI=1S/C31H34N10O3S/c1-17(42)36-28-19-2-3-20(28)16-40(15-19)31-39-38-29(45-31)24-14-34-26(27-9-6-22-10-18(12-32)13-35-41(22)27)11-25(24)37-21-4-7-23(8-5-21)44-30(33)43/h6,9-11,13-14,19-21,23,28H,2-5,7-8,15-16H2,1H3,(H2,33,43)(H,34,37)(H,36,42)/t19-,20+,21?,23?,28?. The van der Waals surface area contributed by atoms with Crippen molar-refractivity contribution < 1.29 is 14.3 Å². The van der Waals surface area contributed by atoms with Crippen LogP contribution in [0.15, 0.2) is 36.7 Å². The van der Waals surface area contributed by atoms with Gasteiger partial charge in [-0.05, 0) is 74.6 Å². The van der Waals surface area contributed by atoms with E-state index in [4.69, 9.17) is 15.5 Å². The van der Waals surface area contributed by atoms with Gasteiger partial charge in [-0.1, -0.05) is 11.3 Å². The van der Waals surface area contributed by atoms with Gasteiger partial charge in [-0.25, -0.2) is 9.31 Å². The van der Waals surface area contributed by atoms with Gasteiger partial charge in [-0.3, -0.25) is 9.78 Å². The summed E-state index contributed by atoms with van der Waals surface area (Å²) in [6, 6.07) is 10.2. The highest BCUT2D eigenvalue weighted by Gasteiger charge is 2.43. The number of carbonyl (C=O) groups is 2. The molecule has 4 aromatic heterocycles. The van der Waals surface area contributed by atoms with E-state index in [9.17, 15) is 14.9 Å². The molecular formula is C31H34N10O3S. The number of aromatic nitrogens is 5. The second-order valence-electron chi connectivity index (χ2n) is 12.2. The lowest BCUT2D eigenvalue weighted by molar-refractivity contribution is -0.120. The Hall–Kier alpha value is -4.77. The zero-order chi connectivity index (χ0) is 31.1. The van der Waals surface area contributed by atoms with Crippen LogP contribution in [-0.2, 0) is 9.53 Å². The summed E-state index contributed by atoms with van der Waals surface area (Å²) in [6.45, 7) is 3.28. The van der Waals surface area contributed by atoms with Crippen molar-refractivity contribution in [2.24, 2.45) is 17.6 Å². The molecule has 3 aliphatic rings. The van der Waals surface area contributed by atoms with Crippen LogP contribution in [-0.4, -0.2) is 68.1 Å². The lowest BCUT2D eigenvalue weighted by atomic mass is 9.92. The third-order valence-electron chi connectivity index (χ3n) is 9.23. The number of anilines is 2. The van der Waals surface area contributed by atoms with Crippen molar-refractivity contribution in [1.82, 2.24) is 30.1 Å². The van der Waals surface area contributed by atoms with Gasteiger partial charge < -0.3 is 26.0 Å². The van der Waals surface area contributed by atoms with Gasteiger partial charge in [0.05, 0.1) is 34.2 Å². The van der Waals surface area contributed by atoms with Crippen LogP contribution in [0, 0.1) is 23.2 Å². The summed E-state index contributed by atoms with van der Waals surface area (Å²) in [4.78, 5) is 30.2. The van der Waals surface area contributed by atoms with Crippen molar-refractivity contribution in [3.63, 3.8) is 0 Å². The summed E-state index contributed by atoms with van der Waals surface area (Å²) in [5.41, 5.74) is 9.82. The maximum atomic E-state index is 11.8. The predicted molar refractivity (Wildman–Crippen MR) is 168 cm³/mol. The Balaban J connectivity index is 1.17. The summed E-state index contributed by atoms with van der Waals surface area (Å²) >= 11 is 1.55. The van der Waals surface area contributed by atoms with E-state index in [0.717, 1.165) is 89.9 Å². The van der Waals surface area contributed by atoms with Gasteiger partial charge in [-0.15, -0.1) is 10.2 Å². The van der Waals surface area contributed by atoms with E-state index in [1.807, 2.05) is 24.4 Å². The van der Waals surface area contributed by atoms with Gasteiger partial charge in [0.25, 0.3) is 0 Å². The lowest BCUT2D eigenvalue weighted by Crippen LogP contribution is -2.52. The quantitative estimate of drug-likeness (QED) is 0.272. The molecule has 232 valence electrons. The van der Waals surface area contributed by atoms with E-state index < -0.39 is 6.09 Å². The van der Waals surface area contributed by atoms with Crippen molar-refractivity contribution in [3.05, 3.63) is 42.2 Å². The van der Waals surface area contributed by atoms with Crippen LogP contribution < -0.4 is 21.3 Å². The number of fused-ring (bicyclic) bond motifs is 3. The van der Waals surface area contributed by atoms with Crippen molar-refractivity contribution in [2.45, 2.75) is 63.6 Å². The molecule has 45 heavy (non-hydrogen) atoms. The molecule has 14 heteroatoms. The van der Waals surface area contributed by atoms with Gasteiger partial charge in [0, 0.05) is 44.0 Å². The fourth-order valence-electron chi connectivity index (χ4n) is 7.15. The third kappa shape index (κ3) is 5.87. The maximum Gasteiger partial charge on any atom is 0.404 e. The van der Waals surface area contributed by atoms with Gasteiger partial charge in [0.2, 0.25) is 11.0 Å². The minimum Gasteiger partial charge on any atom is -0.446 e. The monoisotopic (exact) mass is 626 g/mol. The molecule has 0 radical (unpaired) electrons. The molecule has 1 aliphatic heterocycles. The number of carbonyl (C=O) groups excluding carboxylic acids is 2. The molecule has 3 fully saturated rings. The average Bonchev–Trinajstić information content (AvgIpc) is 3.73. The first kappa shape index (κ1) is 29.0. The Morgan fingerprint density at radius 2 is 1.84 bits per heavy atom. The fraction of sp³-hybridized carbons (Fsp3) is 0.452. The number of hydrogen-bond donors (Lipinski definition) is 3. The van der Waals surface area contributed by atoms with Crippen LogP contribution in [0.25, 0.3) is 27.5 Å². The normalized spacial score (nSPS) is 24.3. The number of primary amides is 1. The van der Waals surface area contributed by atoms with Gasteiger partial charge in [0.1, 0.15) is 12.2 Å². The van der Waals surface area contributed by atoms with E-state index in [1.165, 1.54) is 0 Å². The Morgan fingerprint density at radius 1 is 1.07 bits per heavy atom. The van der Waals surface area contributed by atoms with Gasteiger partial charge in [0.15, 0.2) is 5.01 Å². The number of ether oxygens (including phenoxy) is 1.